The Labute approximate surface area is 135 Å². The summed E-state index contributed by atoms with van der Waals surface area (Å²) in [6.45, 7) is 9.10. The van der Waals surface area contributed by atoms with Crippen LogP contribution in [0, 0.1) is 5.92 Å². The van der Waals surface area contributed by atoms with Gasteiger partial charge in [-0.15, -0.1) is 0 Å². The quantitative estimate of drug-likeness (QED) is 0.714. The summed E-state index contributed by atoms with van der Waals surface area (Å²) in [4.78, 5) is 11.4. The third kappa shape index (κ3) is 7.48. The summed E-state index contributed by atoms with van der Waals surface area (Å²) >= 11 is 3.55. The molecule has 0 unspecified atom stereocenters. The minimum atomic E-state index is 0.0217. The highest BCUT2D eigenvalue weighted by atomic mass is 79.9. The van der Waals surface area contributed by atoms with E-state index >= 15 is 0 Å². The lowest BCUT2D eigenvalue weighted by Gasteiger charge is -2.12. The number of amides is 1. The second-order valence-electron chi connectivity index (χ2n) is 5.33. The maximum Gasteiger partial charge on any atom is 0.223 e. The number of hydrogen-bond donors (Lipinski definition) is 2. The molecule has 1 aromatic carbocycles. The van der Waals surface area contributed by atoms with Crippen LogP contribution in [0.5, 0.6) is 5.75 Å². The van der Waals surface area contributed by atoms with Gasteiger partial charge in [-0.05, 0) is 43.1 Å². The van der Waals surface area contributed by atoms with E-state index in [9.17, 15) is 4.79 Å². The minimum Gasteiger partial charge on any atom is -0.493 e. The number of hydrogen-bond acceptors (Lipinski definition) is 3. The van der Waals surface area contributed by atoms with Gasteiger partial charge < -0.3 is 15.4 Å². The molecule has 21 heavy (non-hydrogen) atoms. The van der Waals surface area contributed by atoms with Gasteiger partial charge in [-0.1, -0.05) is 29.8 Å². The molecule has 0 fully saturated rings. The van der Waals surface area contributed by atoms with E-state index in [0.717, 1.165) is 28.9 Å². The fourth-order valence-corrected chi connectivity index (χ4v) is 2.21. The molecule has 1 aromatic rings. The zero-order valence-electron chi connectivity index (χ0n) is 13.0. The average Bonchev–Trinajstić information content (AvgIpc) is 2.42. The molecule has 0 aliphatic rings. The van der Waals surface area contributed by atoms with Crippen molar-refractivity contribution in [2.24, 2.45) is 5.92 Å². The molecule has 4 nitrogen and oxygen atoms in total. The Morgan fingerprint density at radius 1 is 1.38 bits per heavy atom. The second kappa shape index (κ2) is 9.79. The zero-order valence-corrected chi connectivity index (χ0v) is 14.6. The first kappa shape index (κ1) is 18.0. The van der Waals surface area contributed by atoms with Crippen molar-refractivity contribution in [3.63, 3.8) is 0 Å². The van der Waals surface area contributed by atoms with Crippen LogP contribution in [0.4, 0.5) is 0 Å². The van der Waals surface area contributed by atoms with Crippen LogP contribution in [0.3, 0.4) is 0 Å². The molecule has 5 heteroatoms. The number of rotatable bonds is 9. The molecule has 0 aromatic heterocycles. The summed E-state index contributed by atoms with van der Waals surface area (Å²) in [6, 6.07) is 5.90. The summed E-state index contributed by atoms with van der Waals surface area (Å²) in [5, 5.41) is 6.16. The van der Waals surface area contributed by atoms with Gasteiger partial charge in [-0.3, -0.25) is 4.79 Å². The maximum absolute atomic E-state index is 11.4. The number of ether oxygens (including phenoxy) is 1. The second-order valence-corrected chi connectivity index (χ2v) is 6.18. The molecule has 1 amide bonds. The van der Waals surface area contributed by atoms with E-state index in [-0.39, 0.29) is 5.91 Å². The minimum absolute atomic E-state index is 0.0217. The van der Waals surface area contributed by atoms with E-state index in [4.69, 9.17) is 4.74 Å². The summed E-state index contributed by atoms with van der Waals surface area (Å²) < 4.78 is 6.70. The first-order valence-electron chi connectivity index (χ1n) is 7.41. The van der Waals surface area contributed by atoms with Crippen LogP contribution < -0.4 is 15.4 Å². The number of halogens is 1. The predicted octanol–water partition coefficient (Wildman–Crippen LogP) is 3.10. The fourth-order valence-electron chi connectivity index (χ4n) is 1.82. The Bertz CT molecular complexity index is 450. The summed E-state index contributed by atoms with van der Waals surface area (Å²) in [6.07, 6.45) is 0.380. The molecule has 0 radical (unpaired) electrons. The molecule has 118 valence electrons. The molecule has 0 spiro atoms. The molecule has 1 rings (SSSR count). The third-order valence-electron chi connectivity index (χ3n) is 2.86. The molecule has 0 aliphatic heterocycles. The molecule has 0 aliphatic carbocycles. The largest absolute Gasteiger partial charge is 0.493 e. The monoisotopic (exact) mass is 356 g/mol. The average molecular weight is 357 g/mol. The van der Waals surface area contributed by atoms with E-state index in [1.807, 2.05) is 25.1 Å². The summed E-state index contributed by atoms with van der Waals surface area (Å²) in [7, 11) is 0. The van der Waals surface area contributed by atoms with Gasteiger partial charge in [0.15, 0.2) is 0 Å². The topological polar surface area (TPSA) is 50.4 Å². The Kier molecular flexibility index (Phi) is 8.38. The van der Waals surface area contributed by atoms with Crippen LogP contribution in [0.1, 0.15) is 32.8 Å². The molecule has 0 saturated carbocycles. The Morgan fingerprint density at radius 2 is 2.14 bits per heavy atom. The lowest BCUT2D eigenvalue weighted by molar-refractivity contribution is -0.121. The standard InChI is InChI=1S/C16H25BrN2O2/c1-4-19-16(20)7-8-21-14-5-6-15(17)13(9-14)11-18-10-12(2)3/h5-6,9,12,18H,4,7-8,10-11H2,1-3H3,(H,19,20). The van der Waals surface area contributed by atoms with Crippen LogP contribution in [-0.4, -0.2) is 25.6 Å². The van der Waals surface area contributed by atoms with Gasteiger partial charge in [0.1, 0.15) is 5.75 Å². The van der Waals surface area contributed by atoms with E-state index < -0.39 is 0 Å². The van der Waals surface area contributed by atoms with E-state index in [1.165, 1.54) is 0 Å². The predicted molar refractivity (Wildman–Crippen MR) is 89.5 cm³/mol. The number of nitrogens with one attached hydrogen (secondary N) is 2. The van der Waals surface area contributed by atoms with Gasteiger partial charge in [0.2, 0.25) is 5.91 Å². The number of carbonyl (C=O) groups is 1. The van der Waals surface area contributed by atoms with Crippen molar-refractivity contribution >= 4 is 21.8 Å². The van der Waals surface area contributed by atoms with Crippen molar-refractivity contribution < 1.29 is 9.53 Å². The lowest BCUT2D eigenvalue weighted by atomic mass is 10.2. The third-order valence-corrected chi connectivity index (χ3v) is 3.63. The van der Waals surface area contributed by atoms with Gasteiger partial charge in [-0.2, -0.15) is 0 Å². The van der Waals surface area contributed by atoms with Crippen molar-refractivity contribution in [1.29, 1.82) is 0 Å². The Hall–Kier alpha value is -1.07. The molecule has 2 N–H and O–H groups in total. The van der Waals surface area contributed by atoms with Crippen molar-refractivity contribution in [2.75, 3.05) is 19.7 Å². The first-order chi connectivity index (χ1) is 10.0. The van der Waals surface area contributed by atoms with Crippen LogP contribution >= 0.6 is 15.9 Å². The maximum atomic E-state index is 11.4. The van der Waals surface area contributed by atoms with Crippen molar-refractivity contribution in [2.45, 2.75) is 33.7 Å². The SMILES string of the molecule is CCNC(=O)CCOc1ccc(Br)c(CNCC(C)C)c1. The zero-order chi connectivity index (χ0) is 15.7. The van der Waals surface area contributed by atoms with Crippen LogP contribution in [0.15, 0.2) is 22.7 Å². The van der Waals surface area contributed by atoms with E-state index in [2.05, 4.69) is 40.4 Å². The number of benzene rings is 1. The van der Waals surface area contributed by atoms with Gasteiger partial charge in [0.05, 0.1) is 13.0 Å². The van der Waals surface area contributed by atoms with Gasteiger partial charge in [-0.25, -0.2) is 0 Å². The highest BCUT2D eigenvalue weighted by molar-refractivity contribution is 9.10. The molecule has 0 heterocycles. The van der Waals surface area contributed by atoms with Crippen LogP contribution in [-0.2, 0) is 11.3 Å². The molecule has 0 saturated heterocycles. The number of carbonyl (C=O) groups excluding carboxylic acids is 1. The summed E-state index contributed by atoms with van der Waals surface area (Å²) in [5.74, 6) is 1.44. The summed E-state index contributed by atoms with van der Waals surface area (Å²) in [5.41, 5.74) is 1.16. The van der Waals surface area contributed by atoms with Gasteiger partial charge in [0, 0.05) is 17.6 Å². The van der Waals surface area contributed by atoms with E-state index in [1.54, 1.807) is 0 Å². The highest BCUT2D eigenvalue weighted by Gasteiger charge is 2.05. The van der Waals surface area contributed by atoms with Crippen molar-refractivity contribution in [1.82, 2.24) is 10.6 Å². The van der Waals surface area contributed by atoms with Gasteiger partial charge >= 0.3 is 0 Å². The first-order valence-corrected chi connectivity index (χ1v) is 8.20. The molecular formula is C16H25BrN2O2. The fraction of sp³-hybridized carbons (Fsp3) is 0.562. The van der Waals surface area contributed by atoms with Crippen LogP contribution in [0.2, 0.25) is 0 Å². The molecule has 0 atom stereocenters. The normalized spacial score (nSPS) is 10.7. The Morgan fingerprint density at radius 3 is 2.81 bits per heavy atom. The van der Waals surface area contributed by atoms with E-state index in [0.29, 0.717) is 25.5 Å². The van der Waals surface area contributed by atoms with Gasteiger partial charge in [0.25, 0.3) is 0 Å². The smallest absolute Gasteiger partial charge is 0.223 e. The van der Waals surface area contributed by atoms with Crippen molar-refractivity contribution in [3.05, 3.63) is 28.2 Å². The van der Waals surface area contributed by atoms with Crippen LogP contribution in [0.25, 0.3) is 0 Å². The molecular weight excluding hydrogens is 332 g/mol. The highest BCUT2D eigenvalue weighted by Crippen LogP contribution is 2.22. The lowest BCUT2D eigenvalue weighted by Crippen LogP contribution is -2.24. The molecule has 0 bridgehead atoms. The van der Waals surface area contributed by atoms with Crippen molar-refractivity contribution in [3.8, 4) is 5.75 Å². The Balaban J connectivity index is 2.46.